The molecule has 0 aromatic heterocycles. The van der Waals surface area contributed by atoms with Crippen LogP contribution in [0.4, 0.5) is 0 Å². The van der Waals surface area contributed by atoms with E-state index in [-0.39, 0.29) is 11.7 Å². The third kappa shape index (κ3) is 4.44. The average molecular weight is 393 g/mol. The zero-order valence-corrected chi connectivity index (χ0v) is 16.1. The zero-order valence-electron chi connectivity index (χ0n) is 14.5. The Balaban J connectivity index is 1.65. The fourth-order valence-electron chi connectivity index (χ4n) is 3.14. The number of rotatable bonds is 5. The summed E-state index contributed by atoms with van der Waals surface area (Å²) in [5.74, 6) is -0.477. The fourth-order valence-corrected chi connectivity index (χ4v) is 4.81. The summed E-state index contributed by atoms with van der Waals surface area (Å²) in [6, 6.07) is 14.0. The normalized spacial score (nSPS) is 15.4. The molecule has 1 aliphatic heterocycles. The highest BCUT2D eigenvalue weighted by Crippen LogP contribution is 2.20. The molecule has 138 valence electrons. The van der Waals surface area contributed by atoms with Crippen LogP contribution in [0.15, 0.2) is 48.5 Å². The Kier molecular flexibility index (Phi) is 5.65. The monoisotopic (exact) mass is 392 g/mol. The van der Waals surface area contributed by atoms with Crippen molar-refractivity contribution in [2.75, 3.05) is 6.54 Å². The zero-order chi connectivity index (χ0) is 18.7. The third-order valence-electron chi connectivity index (χ3n) is 4.47. The number of nitrogens with zero attached hydrogens (tertiary/aromatic N) is 1. The van der Waals surface area contributed by atoms with Crippen LogP contribution in [0.1, 0.15) is 23.6 Å². The van der Waals surface area contributed by atoms with Gasteiger partial charge in [-0.2, -0.15) is 0 Å². The maximum atomic E-state index is 12.7. The minimum atomic E-state index is -3.68. The van der Waals surface area contributed by atoms with Gasteiger partial charge >= 0.3 is 0 Å². The number of sulfonamides is 1. The number of nitrogens with one attached hydrogen (secondary N) is 1. The Morgan fingerprint density at radius 2 is 1.81 bits per heavy atom. The van der Waals surface area contributed by atoms with E-state index < -0.39 is 16.1 Å². The van der Waals surface area contributed by atoms with Crippen LogP contribution in [0.5, 0.6) is 0 Å². The standard InChI is InChI=1S/C19H21ClN2O3S/c1-14(21-26(24,25)13-17-8-4-5-9-18(17)20)19(23)22-11-10-15-6-2-3-7-16(15)12-22/h2-9,14,21H,10-13H2,1H3/t14-/m1/s1. The SMILES string of the molecule is C[C@@H](NS(=O)(=O)Cc1ccccc1Cl)C(=O)N1CCc2ccccc2C1. The predicted molar refractivity (Wildman–Crippen MR) is 102 cm³/mol. The molecule has 1 aliphatic rings. The quantitative estimate of drug-likeness (QED) is 0.850. The molecule has 26 heavy (non-hydrogen) atoms. The molecule has 0 fully saturated rings. The molecule has 2 aromatic carbocycles. The van der Waals surface area contributed by atoms with E-state index in [0.717, 1.165) is 12.0 Å². The molecule has 0 saturated carbocycles. The van der Waals surface area contributed by atoms with Crippen molar-refractivity contribution in [3.05, 3.63) is 70.2 Å². The lowest BCUT2D eigenvalue weighted by Gasteiger charge is -2.31. The predicted octanol–water partition coefficient (Wildman–Crippen LogP) is 2.73. The van der Waals surface area contributed by atoms with Crippen molar-refractivity contribution in [2.45, 2.75) is 31.7 Å². The first-order valence-corrected chi connectivity index (χ1v) is 10.5. The van der Waals surface area contributed by atoms with Crippen LogP contribution in [0.2, 0.25) is 5.02 Å². The second-order valence-electron chi connectivity index (χ2n) is 6.47. The van der Waals surface area contributed by atoms with Gasteiger partial charge in [0, 0.05) is 18.1 Å². The molecule has 2 aromatic rings. The maximum absolute atomic E-state index is 12.7. The van der Waals surface area contributed by atoms with Crippen LogP contribution in [0, 0.1) is 0 Å². The molecule has 0 spiro atoms. The van der Waals surface area contributed by atoms with E-state index in [9.17, 15) is 13.2 Å². The van der Waals surface area contributed by atoms with E-state index in [4.69, 9.17) is 11.6 Å². The summed E-state index contributed by atoms with van der Waals surface area (Å²) in [6.45, 7) is 2.67. The van der Waals surface area contributed by atoms with Gasteiger partial charge < -0.3 is 4.90 Å². The second kappa shape index (κ2) is 7.78. The van der Waals surface area contributed by atoms with E-state index in [0.29, 0.717) is 23.7 Å². The molecular formula is C19H21ClN2O3S. The van der Waals surface area contributed by atoms with Crippen molar-refractivity contribution in [2.24, 2.45) is 0 Å². The third-order valence-corrected chi connectivity index (χ3v) is 6.24. The Morgan fingerprint density at radius 1 is 1.15 bits per heavy atom. The lowest BCUT2D eigenvalue weighted by atomic mass is 9.99. The Bertz CT molecular complexity index is 915. The number of carbonyl (C=O) groups excluding carboxylic acids is 1. The van der Waals surface area contributed by atoms with Crippen molar-refractivity contribution in [1.29, 1.82) is 0 Å². The van der Waals surface area contributed by atoms with E-state index in [1.165, 1.54) is 5.56 Å². The largest absolute Gasteiger partial charge is 0.337 e. The number of fused-ring (bicyclic) bond motifs is 1. The smallest absolute Gasteiger partial charge is 0.240 e. The van der Waals surface area contributed by atoms with Crippen molar-refractivity contribution in [3.63, 3.8) is 0 Å². The van der Waals surface area contributed by atoms with Gasteiger partial charge in [0.1, 0.15) is 0 Å². The highest BCUT2D eigenvalue weighted by Gasteiger charge is 2.27. The molecule has 0 saturated heterocycles. The summed E-state index contributed by atoms with van der Waals surface area (Å²) in [4.78, 5) is 14.4. The number of hydrogen-bond donors (Lipinski definition) is 1. The summed E-state index contributed by atoms with van der Waals surface area (Å²) >= 11 is 6.03. The first-order chi connectivity index (χ1) is 12.4. The highest BCUT2D eigenvalue weighted by molar-refractivity contribution is 7.88. The summed E-state index contributed by atoms with van der Waals surface area (Å²) in [7, 11) is -3.68. The molecule has 1 N–H and O–H groups in total. The summed E-state index contributed by atoms with van der Waals surface area (Å²) in [5, 5.41) is 0.393. The molecular weight excluding hydrogens is 372 g/mol. The molecule has 5 nitrogen and oxygen atoms in total. The lowest BCUT2D eigenvalue weighted by molar-refractivity contribution is -0.133. The van der Waals surface area contributed by atoms with Gasteiger partial charge in [-0.05, 0) is 36.1 Å². The molecule has 1 amide bonds. The van der Waals surface area contributed by atoms with Crippen LogP contribution in [-0.2, 0) is 33.5 Å². The van der Waals surface area contributed by atoms with E-state index in [1.54, 1.807) is 36.1 Å². The minimum absolute atomic E-state index is 0.220. The van der Waals surface area contributed by atoms with E-state index >= 15 is 0 Å². The van der Waals surface area contributed by atoms with Crippen molar-refractivity contribution < 1.29 is 13.2 Å². The van der Waals surface area contributed by atoms with E-state index in [1.807, 2.05) is 18.2 Å². The number of halogens is 1. The van der Waals surface area contributed by atoms with Crippen LogP contribution in [-0.4, -0.2) is 31.8 Å². The lowest BCUT2D eigenvalue weighted by Crippen LogP contribution is -2.48. The van der Waals surface area contributed by atoms with Gasteiger partial charge in [0.05, 0.1) is 11.8 Å². The molecule has 1 atom stereocenters. The molecule has 0 bridgehead atoms. The highest BCUT2D eigenvalue weighted by atomic mass is 35.5. The van der Waals surface area contributed by atoms with Gasteiger partial charge in [-0.15, -0.1) is 0 Å². The van der Waals surface area contributed by atoms with Gasteiger partial charge in [0.15, 0.2) is 0 Å². The Hall–Kier alpha value is -1.89. The molecule has 7 heteroatoms. The van der Waals surface area contributed by atoms with Crippen molar-refractivity contribution >= 4 is 27.5 Å². The van der Waals surface area contributed by atoms with Gasteiger partial charge in [-0.25, -0.2) is 13.1 Å². The van der Waals surface area contributed by atoms with Crippen LogP contribution in [0.3, 0.4) is 0 Å². The van der Waals surface area contributed by atoms with E-state index in [2.05, 4.69) is 10.8 Å². The summed E-state index contributed by atoms with van der Waals surface area (Å²) < 4.78 is 27.3. The summed E-state index contributed by atoms with van der Waals surface area (Å²) in [5.41, 5.74) is 2.86. The first-order valence-electron chi connectivity index (χ1n) is 8.45. The van der Waals surface area contributed by atoms with Gasteiger partial charge in [0.2, 0.25) is 15.9 Å². The van der Waals surface area contributed by atoms with Crippen molar-refractivity contribution in [3.8, 4) is 0 Å². The summed E-state index contributed by atoms with van der Waals surface area (Å²) in [6.07, 6.45) is 0.779. The number of amides is 1. The van der Waals surface area contributed by atoms with Crippen molar-refractivity contribution in [1.82, 2.24) is 9.62 Å². The molecule has 3 rings (SSSR count). The average Bonchev–Trinajstić information content (AvgIpc) is 2.62. The van der Waals surface area contributed by atoms with Crippen LogP contribution in [0.25, 0.3) is 0 Å². The molecule has 0 aliphatic carbocycles. The van der Waals surface area contributed by atoms with Crippen LogP contribution < -0.4 is 4.72 Å². The number of hydrogen-bond acceptors (Lipinski definition) is 3. The Morgan fingerprint density at radius 3 is 2.54 bits per heavy atom. The maximum Gasteiger partial charge on any atom is 0.240 e. The first kappa shape index (κ1) is 18.9. The minimum Gasteiger partial charge on any atom is -0.337 e. The second-order valence-corrected chi connectivity index (χ2v) is 8.63. The molecule has 0 unspecified atom stereocenters. The van der Waals surface area contributed by atoms with Gasteiger partial charge in [-0.3, -0.25) is 4.79 Å². The van der Waals surface area contributed by atoms with Crippen LogP contribution >= 0.6 is 11.6 Å². The van der Waals surface area contributed by atoms with Gasteiger partial charge in [-0.1, -0.05) is 54.1 Å². The molecule has 0 radical (unpaired) electrons. The Labute approximate surface area is 159 Å². The number of carbonyl (C=O) groups is 1. The fraction of sp³-hybridized carbons (Fsp3) is 0.316. The topological polar surface area (TPSA) is 66.5 Å². The van der Waals surface area contributed by atoms with Gasteiger partial charge in [0.25, 0.3) is 0 Å². The number of benzene rings is 2. The molecule has 1 heterocycles.